The minimum Gasteiger partial charge on any atom is -0.497 e. The van der Waals surface area contributed by atoms with Crippen molar-refractivity contribution in [2.75, 3.05) is 14.2 Å². The summed E-state index contributed by atoms with van der Waals surface area (Å²) in [5.41, 5.74) is 1.89. The number of benzene rings is 2. The van der Waals surface area contributed by atoms with Gasteiger partial charge in [0.25, 0.3) is 0 Å². The molecule has 1 heterocycles. The SMILES string of the molecule is COc1ccc(-c2noc(CNC(=O)CC(C)c3ccc(OC)cc3)n2)cc1. The van der Waals surface area contributed by atoms with E-state index < -0.39 is 0 Å². The molecule has 0 saturated carbocycles. The first-order chi connectivity index (χ1) is 13.6. The Kier molecular flexibility index (Phi) is 6.26. The molecule has 0 fully saturated rings. The Bertz CT molecular complexity index is 904. The first-order valence-corrected chi connectivity index (χ1v) is 8.96. The molecule has 1 atom stereocenters. The van der Waals surface area contributed by atoms with Crippen molar-refractivity contribution < 1.29 is 18.8 Å². The molecule has 0 spiro atoms. The second-order valence-electron chi connectivity index (χ2n) is 6.40. The van der Waals surface area contributed by atoms with Gasteiger partial charge in [-0.25, -0.2) is 0 Å². The van der Waals surface area contributed by atoms with Gasteiger partial charge in [-0.15, -0.1) is 0 Å². The highest BCUT2D eigenvalue weighted by molar-refractivity contribution is 5.76. The molecule has 146 valence electrons. The van der Waals surface area contributed by atoms with Gasteiger partial charge in [0.1, 0.15) is 11.5 Å². The van der Waals surface area contributed by atoms with E-state index >= 15 is 0 Å². The zero-order valence-corrected chi connectivity index (χ0v) is 16.1. The lowest BCUT2D eigenvalue weighted by Crippen LogP contribution is -2.24. The third kappa shape index (κ3) is 4.88. The van der Waals surface area contributed by atoms with Crippen LogP contribution in [0.5, 0.6) is 11.5 Å². The fourth-order valence-electron chi connectivity index (χ4n) is 2.76. The number of aromatic nitrogens is 2. The van der Waals surface area contributed by atoms with E-state index in [9.17, 15) is 4.79 Å². The summed E-state index contributed by atoms with van der Waals surface area (Å²) in [4.78, 5) is 16.5. The molecule has 28 heavy (non-hydrogen) atoms. The zero-order chi connectivity index (χ0) is 19.9. The number of nitrogens with one attached hydrogen (secondary N) is 1. The molecule has 0 aliphatic heterocycles. The third-order valence-electron chi connectivity index (χ3n) is 4.43. The number of rotatable bonds is 8. The molecule has 0 aliphatic carbocycles. The van der Waals surface area contributed by atoms with Crippen LogP contribution in [0.2, 0.25) is 0 Å². The van der Waals surface area contributed by atoms with Crippen molar-refractivity contribution in [3.63, 3.8) is 0 Å². The highest BCUT2D eigenvalue weighted by Gasteiger charge is 2.14. The number of carbonyl (C=O) groups is 1. The number of carbonyl (C=O) groups excluding carboxylic acids is 1. The first-order valence-electron chi connectivity index (χ1n) is 8.96. The van der Waals surface area contributed by atoms with Crippen molar-refractivity contribution in [3.05, 3.63) is 60.0 Å². The van der Waals surface area contributed by atoms with E-state index in [0.29, 0.717) is 18.1 Å². The van der Waals surface area contributed by atoms with Gasteiger partial charge >= 0.3 is 0 Å². The Morgan fingerprint density at radius 2 is 1.64 bits per heavy atom. The number of hydrogen-bond acceptors (Lipinski definition) is 6. The second kappa shape index (κ2) is 9.03. The number of hydrogen-bond donors (Lipinski definition) is 1. The van der Waals surface area contributed by atoms with Gasteiger partial charge in [-0.1, -0.05) is 24.2 Å². The Morgan fingerprint density at radius 1 is 1.04 bits per heavy atom. The largest absolute Gasteiger partial charge is 0.497 e. The Hall–Kier alpha value is -3.35. The molecule has 1 aromatic heterocycles. The van der Waals surface area contributed by atoms with Crippen LogP contribution in [0.4, 0.5) is 0 Å². The van der Waals surface area contributed by atoms with Crippen LogP contribution in [-0.2, 0) is 11.3 Å². The van der Waals surface area contributed by atoms with Gasteiger partial charge in [-0.05, 0) is 47.9 Å². The molecule has 1 amide bonds. The number of ether oxygens (including phenoxy) is 2. The maximum absolute atomic E-state index is 12.2. The van der Waals surface area contributed by atoms with Crippen LogP contribution in [0.25, 0.3) is 11.4 Å². The number of amides is 1. The van der Waals surface area contributed by atoms with Gasteiger partial charge < -0.3 is 19.3 Å². The van der Waals surface area contributed by atoms with Gasteiger partial charge in [0.15, 0.2) is 0 Å². The Morgan fingerprint density at radius 3 is 2.25 bits per heavy atom. The number of methoxy groups -OCH3 is 2. The van der Waals surface area contributed by atoms with Crippen molar-refractivity contribution in [3.8, 4) is 22.9 Å². The molecule has 2 aromatic carbocycles. The van der Waals surface area contributed by atoms with Gasteiger partial charge in [-0.3, -0.25) is 4.79 Å². The van der Waals surface area contributed by atoms with E-state index in [1.165, 1.54) is 0 Å². The van der Waals surface area contributed by atoms with E-state index in [-0.39, 0.29) is 18.4 Å². The van der Waals surface area contributed by atoms with Crippen molar-refractivity contribution in [2.45, 2.75) is 25.8 Å². The van der Waals surface area contributed by atoms with E-state index in [0.717, 1.165) is 22.6 Å². The topological polar surface area (TPSA) is 86.5 Å². The summed E-state index contributed by atoms with van der Waals surface area (Å²) in [6.07, 6.45) is 0.367. The average molecular weight is 381 g/mol. The highest BCUT2D eigenvalue weighted by Crippen LogP contribution is 2.22. The van der Waals surface area contributed by atoms with Crippen LogP contribution in [0.15, 0.2) is 53.1 Å². The lowest BCUT2D eigenvalue weighted by Gasteiger charge is -2.12. The van der Waals surface area contributed by atoms with E-state index in [4.69, 9.17) is 14.0 Å². The van der Waals surface area contributed by atoms with Gasteiger partial charge in [0.05, 0.1) is 20.8 Å². The van der Waals surface area contributed by atoms with Crippen molar-refractivity contribution in [2.24, 2.45) is 0 Å². The van der Waals surface area contributed by atoms with Crippen molar-refractivity contribution in [1.82, 2.24) is 15.5 Å². The summed E-state index contributed by atoms with van der Waals surface area (Å²) in [7, 11) is 3.24. The standard InChI is InChI=1S/C21H23N3O4/c1-14(15-4-8-17(26-2)9-5-15)12-19(25)22-13-20-23-21(24-28-20)16-6-10-18(27-3)11-7-16/h4-11,14H,12-13H2,1-3H3,(H,22,25). The maximum atomic E-state index is 12.2. The average Bonchev–Trinajstić information content (AvgIpc) is 3.21. The maximum Gasteiger partial charge on any atom is 0.246 e. The van der Waals surface area contributed by atoms with Crippen LogP contribution in [-0.4, -0.2) is 30.3 Å². The lowest BCUT2D eigenvalue weighted by atomic mass is 9.97. The predicted octanol–water partition coefficient (Wildman–Crippen LogP) is 3.56. The minimum atomic E-state index is -0.0764. The molecule has 7 nitrogen and oxygen atoms in total. The molecule has 3 aromatic rings. The molecule has 3 rings (SSSR count). The molecular weight excluding hydrogens is 358 g/mol. The van der Waals surface area contributed by atoms with Crippen LogP contribution in [0, 0.1) is 0 Å². The van der Waals surface area contributed by atoms with E-state index in [2.05, 4.69) is 15.5 Å². The first kappa shape index (κ1) is 19.4. The summed E-state index contributed by atoms with van der Waals surface area (Å²) >= 11 is 0. The smallest absolute Gasteiger partial charge is 0.246 e. The monoisotopic (exact) mass is 381 g/mol. The molecule has 1 unspecified atom stereocenters. The summed E-state index contributed by atoms with van der Waals surface area (Å²) in [6, 6.07) is 15.1. The summed E-state index contributed by atoms with van der Waals surface area (Å²) in [6.45, 7) is 2.20. The minimum absolute atomic E-state index is 0.0764. The predicted molar refractivity (Wildman–Crippen MR) is 104 cm³/mol. The van der Waals surface area contributed by atoms with Gasteiger partial charge in [0.2, 0.25) is 17.6 Å². The van der Waals surface area contributed by atoms with Crippen molar-refractivity contribution in [1.29, 1.82) is 0 Å². The molecule has 0 aliphatic rings. The molecule has 0 saturated heterocycles. The molecule has 0 bridgehead atoms. The Labute approximate surface area is 163 Å². The van der Waals surface area contributed by atoms with E-state index in [1.807, 2.05) is 55.5 Å². The van der Waals surface area contributed by atoms with Crippen LogP contribution in [0.1, 0.15) is 30.7 Å². The van der Waals surface area contributed by atoms with E-state index in [1.54, 1.807) is 14.2 Å². The fourth-order valence-corrected chi connectivity index (χ4v) is 2.76. The lowest BCUT2D eigenvalue weighted by molar-refractivity contribution is -0.121. The van der Waals surface area contributed by atoms with Crippen molar-refractivity contribution >= 4 is 5.91 Å². The normalized spacial score (nSPS) is 11.7. The highest BCUT2D eigenvalue weighted by atomic mass is 16.5. The third-order valence-corrected chi connectivity index (χ3v) is 4.43. The molecule has 1 N–H and O–H groups in total. The van der Waals surface area contributed by atoms with Crippen LogP contribution in [0.3, 0.4) is 0 Å². The number of nitrogens with zero attached hydrogens (tertiary/aromatic N) is 2. The van der Waals surface area contributed by atoms with Gasteiger partial charge in [-0.2, -0.15) is 4.98 Å². The fraction of sp³-hybridized carbons (Fsp3) is 0.286. The summed E-state index contributed by atoms with van der Waals surface area (Å²) in [5.74, 6) is 2.39. The van der Waals surface area contributed by atoms with Crippen LogP contribution < -0.4 is 14.8 Å². The quantitative estimate of drug-likeness (QED) is 0.642. The zero-order valence-electron chi connectivity index (χ0n) is 16.1. The second-order valence-corrected chi connectivity index (χ2v) is 6.40. The van der Waals surface area contributed by atoms with Crippen LogP contribution >= 0.6 is 0 Å². The Balaban J connectivity index is 1.52. The van der Waals surface area contributed by atoms with Gasteiger partial charge in [0, 0.05) is 12.0 Å². The summed E-state index contributed by atoms with van der Waals surface area (Å²) < 4.78 is 15.5. The summed E-state index contributed by atoms with van der Waals surface area (Å²) in [5, 5.41) is 6.78. The molecular formula is C21H23N3O4. The molecule has 0 radical (unpaired) electrons. The molecule has 7 heteroatoms.